The number of benzene rings is 2. The lowest BCUT2D eigenvalue weighted by Crippen LogP contribution is -2.45. The van der Waals surface area contributed by atoms with Gasteiger partial charge in [0.1, 0.15) is 11.6 Å². The Balaban J connectivity index is 1.66. The Bertz CT molecular complexity index is 1310. The van der Waals surface area contributed by atoms with E-state index in [-0.39, 0.29) is 24.7 Å². The molecule has 1 saturated heterocycles. The van der Waals surface area contributed by atoms with E-state index in [0.717, 1.165) is 35.9 Å². The molecule has 0 aromatic heterocycles. The molecule has 9 nitrogen and oxygen atoms in total. The van der Waals surface area contributed by atoms with Crippen molar-refractivity contribution in [1.29, 1.82) is 0 Å². The molecule has 14 heteroatoms. The number of rotatable bonds is 6. The lowest BCUT2D eigenvalue weighted by Gasteiger charge is -2.25. The van der Waals surface area contributed by atoms with Crippen LogP contribution >= 0.6 is 0 Å². The van der Waals surface area contributed by atoms with Crippen LogP contribution in [0.15, 0.2) is 41.3 Å². The van der Waals surface area contributed by atoms with Crippen LogP contribution in [-0.4, -0.2) is 58.1 Å². The number of carbonyl (C=O) groups excluding carboxylic acids is 2. The molecule has 2 heterocycles. The third kappa shape index (κ3) is 6.42. The highest BCUT2D eigenvalue weighted by Gasteiger charge is 2.38. The molecule has 1 fully saturated rings. The van der Waals surface area contributed by atoms with Crippen LogP contribution in [0.1, 0.15) is 28.8 Å². The van der Waals surface area contributed by atoms with Crippen LogP contribution in [0.3, 0.4) is 0 Å². The number of carbonyl (C=O) groups is 2. The van der Waals surface area contributed by atoms with E-state index in [1.165, 1.54) is 12.1 Å². The molecule has 1 atom stereocenters. The van der Waals surface area contributed by atoms with Crippen molar-refractivity contribution in [3.05, 3.63) is 53.3 Å². The molecule has 2 aromatic rings. The topological polar surface area (TPSA) is 128 Å². The molecule has 2 aliphatic heterocycles. The fourth-order valence-corrected chi connectivity index (χ4v) is 5.88. The van der Waals surface area contributed by atoms with Crippen LogP contribution in [0.2, 0.25) is 0 Å². The number of fused-ring (bicyclic) bond motifs is 1. The Hall–Kier alpha value is -3.23. The van der Waals surface area contributed by atoms with Crippen molar-refractivity contribution in [2.24, 2.45) is 11.7 Å². The van der Waals surface area contributed by atoms with Crippen LogP contribution in [-0.2, 0) is 25.9 Å². The second-order valence-electron chi connectivity index (χ2n) is 9.07. The fraction of sp³-hybridized carbons (Fsp3) is 0.417. The summed E-state index contributed by atoms with van der Waals surface area (Å²) in [7, 11) is -4.23. The molecule has 3 N–H and O–H groups in total. The lowest BCUT2D eigenvalue weighted by molar-refractivity contribution is -0.274. The van der Waals surface area contributed by atoms with Gasteiger partial charge >= 0.3 is 6.36 Å². The summed E-state index contributed by atoms with van der Waals surface area (Å²) in [5, 5.41) is 2.64. The fourth-order valence-electron chi connectivity index (χ4n) is 4.32. The number of nitrogens with zero attached hydrogens (tertiary/aromatic N) is 1. The summed E-state index contributed by atoms with van der Waals surface area (Å²) in [5.74, 6) is -3.84. The summed E-state index contributed by atoms with van der Waals surface area (Å²) >= 11 is 0. The highest BCUT2D eigenvalue weighted by molar-refractivity contribution is 7.91. The molecule has 0 aliphatic carbocycles. The number of alkyl halides is 3. The van der Waals surface area contributed by atoms with Crippen LogP contribution in [0, 0.1) is 11.7 Å². The van der Waals surface area contributed by atoms with E-state index in [1.54, 1.807) is 0 Å². The lowest BCUT2D eigenvalue weighted by atomic mass is 10.0. The third-order valence-electron chi connectivity index (χ3n) is 6.29. The van der Waals surface area contributed by atoms with Gasteiger partial charge in [0.05, 0.1) is 34.5 Å². The first kappa shape index (κ1) is 27.8. The molecular formula is C24H25F4N3O6S. The quantitative estimate of drug-likeness (QED) is 0.521. The summed E-state index contributed by atoms with van der Waals surface area (Å²) in [4.78, 5) is 26.4. The minimum atomic E-state index is -4.89. The minimum absolute atomic E-state index is 0.136. The molecule has 38 heavy (non-hydrogen) atoms. The monoisotopic (exact) mass is 559 g/mol. The molecule has 4 rings (SSSR count). The Morgan fingerprint density at radius 1 is 1.16 bits per heavy atom. The van der Waals surface area contributed by atoms with Crippen molar-refractivity contribution in [3.8, 4) is 5.75 Å². The van der Waals surface area contributed by atoms with E-state index in [2.05, 4.69) is 10.1 Å². The SMILES string of the molecule is N[C@H]1CS(=O)(=O)c2cc(F)c(C(=O)NCC3CCOCC3)cc2N(Cc2ccc(OC(F)(F)F)cc2)C1=O. The van der Waals surface area contributed by atoms with Gasteiger partial charge in [-0.1, -0.05) is 12.1 Å². The van der Waals surface area contributed by atoms with E-state index in [4.69, 9.17) is 10.5 Å². The number of anilines is 1. The maximum Gasteiger partial charge on any atom is 0.573 e. The molecule has 0 saturated carbocycles. The number of halogens is 4. The Morgan fingerprint density at radius 2 is 1.82 bits per heavy atom. The number of hydrogen-bond donors (Lipinski definition) is 2. The number of amides is 2. The molecule has 2 aliphatic rings. The molecule has 0 bridgehead atoms. The van der Waals surface area contributed by atoms with E-state index >= 15 is 4.39 Å². The Labute approximate surface area is 215 Å². The summed E-state index contributed by atoms with van der Waals surface area (Å²) in [6.45, 7) is 1.05. The van der Waals surface area contributed by atoms with Gasteiger partial charge in [-0.2, -0.15) is 0 Å². The minimum Gasteiger partial charge on any atom is -0.406 e. The van der Waals surface area contributed by atoms with Gasteiger partial charge in [0.15, 0.2) is 9.84 Å². The van der Waals surface area contributed by atoms with Crippen LogP contribution in [0.25, 0.3) is 0 Å². The van der Waals surface area contributed by atoms with Gasteiger partial charge in [0, 0.05) is 19.8 Å². The number of sulfone groups is 1. The molecule has 0 unspecified atom stereocenters. The summed E-state index contributed by atoms with van der Waals surface area (Å²) in [6.07, 6.45) is -3.45. The van der Waals surface area contributed by atoms with Gasteiger partial charge in [-0.3, -0.25) is 9.59 Å². The van der Waals surface area contributed by atoms with Crippen LogP contribution in [0.4, 0.5) is 23.2 Å². The zero-order valence-corrected chi connectivity index (χ0v) is 20.8. The number of nitrogens with one attached hydrogen (secondary N) is 1. The molecule has 0 spiro atoms. The number of nitrogens with two attached hydrogens (primary N) is 1. The molecule has 2 amide bonds. The summed E-state index contributed by atoms with van der Waals surface area (Å²) in [5.41, 5.74) is 5.43. The summed E-state index contributed by atoms with van der Waals surface area (Å²) in [6, 6.07) is 4.75. The van der Waals surface area contributed by atoms with Crippen molar-refractivity contribution < 1.29 is 45.0 Å². The van der Waals surface area contributed by atoms with Crippen molar-refractivity contribution in [3.63, 3.8) is 0 Å². The van der Waals surface area contributed by atoms with Crippen LogP contribution in [0.5, 0.6) is 5.75 Å². The molecule has 2 aromatic carbocycles. The highest BCUT2D eigenvalue weighted by atomic mass is 32.2. The Kier molecular flexibility index (Phi) is 7.95. The van der Waals surface area contributed by atoms with Gasteiger partial charge in [0.25, 0.3) is 5.91 Å². The molecule has 206 valence electrons. The zero-order chi connectivity index (χ0) is 27.7. The Morgan fingerprint density at radius 3 is 2.45 bits per heavy atom. The van der Waals surface area contributed by atoms with Gasteiger partial charge in [0.2, 0.25) is 5.91 Å². The first-order valence-electron chi connectivity index (χ1n) is 11.7. The highest BCUT2D eigenvalue weighted by Crippen LogP contribution is 2.34. The first-order valence-corrected chi connectivity index (χ1v) is 13.3. The smallest absolute Gasteiger partial charge is 0.406 e. The van der Waals surface area contributed by atoms with Crippen molar-refractivity contribution in [2.45, 2.75) is 36.7 Å². The van der Waals surface area contributed by atoms with Gasteiger partial charge in [-0.25, -0.2) is 12.8 Å². The van der Waals surface area contributed by atoms with E-state index < -0.39 is 61.8 Å². The second-order valence-corrected chi connectivity index (χ2v) is 11.1. The van der Waals surface area contributed by atoms with E-state index in [0.29, 0.717) is 24.8 Å². The van der Waals surface area contributed by atoms with Gasteiger partial charge < -0.3 is 25.4 Å². The van der Waals surface area contributed by atoms with Crippen molar-refractivity contribution >= 4 is 27.3 Å². The van der Waals surface area contributed by atoms with Crippen molar-refractivity contribution in [1.82, 2.24) is 5.32 Å². The van der Waals surface area contributed by atoms with E-state index in [9.17, 15) is 31.2 Å². The molecule has 0 radical (unpaired) electrons. The number of ether oxygens (including phenoxy) is 2. The maximum absolute atomic E-state index is 15.0. The molecular weight excluding hydrogens is 534 g/mol. The second kappa shape index (κ2) is 10.9. The maximum atomic E-state index is 15.0. The predicted molar refractivity (Wildman–Crippen MR) is 127 cm³/mol. The number of hydrogen-bond acceptors (Lipinski definition) is 7. The zero-order valence-electron chi connectivity index (χ0n) is 20.0. The average Bonchev–Trinajstić information content (AvgIpc) is 2.91. The van der Waals surface area contributed by atoms with Crippen LogP contribution < -0.4 is 20.7 Å². The first-order chi connectivity index (χ1) is 17.8. The predicted octanol–water partition coefficient (Wildman–Crippen LogP) is 2.53. The van der Waals surface area contributed by atoms with Crippen molar-refractivity contribution in [2.75, 3.05) is 30.4 Å². The normalized spacial score (nSPS) is 20.0. The van der Waals surface area contributed by atoms with Gasteiger partial charge in [-0.15, -0.1) is 13.2 Å². The largest absolute Gasteiger partial charge is 0.573 e. The van der Waals surface area contributed by atoms with E-state index in [1.807, 2.05) is 0 Å². The third-order valence-corrected chi connectivity index (χ3v) is 8.09. The van der Waals surface area contributed by atoms with Gasteiger partial charge in [-0.05, 0) is 48.6 Å². The average molecular weight is 560 g/mol. The summed E-state index contributed by atoms with van der Waals surface area (Å²) < 4.78 is 87.4. The standard InChI is InChI=1S/C24H25F4N3O6S/c25-18-10-21-20(9-17(18)22(32)30-11-14-5-7-36-8-6-14)31(23(33)19(29)13-38(21,34)35)12-15-1-3-16(4-2-15)37-24(26,27)28/h1-4,9-10,14,19H,5-8,11-13,29H2,(H,30,32)/t19-/m0/s1.